The number of hydrogen-bond donors (Lipinski definition) is 2. The van der Waals surface area contributed by atoms with Gasteiger partial charge in [-0.05, 0) is 19.3 Å². The molecule has 1 aromatic heterocycles. The van der Waals surface area contributed by atoms with E-state index >= 15 is 0 Å². The quantitative estimate of drug-likeness (QED) is 0.643. The van der Waals surface area contributed by atoms with E-state index in [0.29, 0.717) is 0 Å². The summed E-state index contributed by atoms with van der Waals surface area (Å²) in [6, 6.07) is 1.12. The lowest BCUT2D eigenvalue weighted by Gasteiger charge is -2.16. The molecule has 1 aliphatic carbocycles. The summed E-state index contributed by atoms with van der Waals surface area (Å²) >= 11 is 0. The van der Waals surface area contributed by atoms with Crippen molar-refractivity contribution in [3.05, 3.63) is 33.1 Å². The topological polar surface area (TPSA) is 75.1 Å². The van der Waals surface area contributed by atoms with Gasteiger partial charge in [-0.1, -0.05) is 0 Å². The van der Waals surface area contributed by atoms with Crippen LogP contribution < -0.4 is 11.2 Å². The van der Waals surface area contributed by atoms with Crippen LogP contribution in [0.3, 0.4) is 0 Å². The van der Waals surface area contributed by atoms with Crippen LogP contribution in [0.5, 0.6) is 0 Å². The molecule has 0 unspecified atom stereocenters. The first-order chi connectivity index (χ1) is 6.68. The van der Waals surface area contributed by atoms with Crippen LogP contribution in [0.15, 0.2) is 21.9 Å². The maximum Gasteiger partial charge on any atom is 0.328 e. The highest BCUT2D eigenvalue weighted by Gasteiger charge is 2.27. The average molecular weight is 196 g/mol. The largest absolute Gasteiger partial charge is 0.391 e. The Balaban J connectivity index is 2.41. The van der Waals surface area contributed by atoms with Crippen molar-refractivity contribution in [1.29, 1.82) is 0 Å². The average Bonchev–Trinajstić information content (AvgIpc) is 2.52. The summed E-state index contributed by atoms with van der Waals surface area (Å²) in [5.74, 6) is 0. The molecular weight excluding hydrogens is 184 g/mol. The van der Waals surface area contributed by atoms with Crippen molar-refractivity contribution in [1.82, 2.24) is 9.55 Å². The zero-order valence-corrected chi connectivity index (χ0v) is 7.64. The van der Waals surface area contributed by atoms with Gasteiger partial charge in [0, 0.05) is 12.3 Å². The second-order valence-electron chi connectivity index (χ2n) is 3.58. The number of aliphatic hydroxyl groups excluding tert-OH is 1. The van der Waals surface area contributed by atoms with Crippen molar-refractivity contribution in [3.63, 3.8) is 0 Å². The highest BCUT2D eigenvalue weighted by atomic mass is 16.3. The number of aliphatic hydroxyl groups is 1. The lowest BCUT2D eigenvalue weighted by molar-refractivity contribution is 0.134. The third-order valence-corrected chi connectivity index (χ3v) is 2.65. The number of hydrogen-bond acceptors (Lipinski definition) is 3. The van der Waals surface area contributed by atoms with E-state index in [1.54, 1.807) is 0 Å². The molecule has 2 atom stereocenters. The first-order valence-corrected chi connectivity index (χ1v) is 4.68. The van der Waals surface area contributed by atoms with Gasteiger partial charge in [0.2, 0.25) is 0 Å². The third kappa shape index (κ3) is 1.50. The lowest BCUT2D eigenvalue weighted by atomic mass is 10.2. The third-order valence-electron chi connectivity index (χ3n) is 2.65. The van der Waals surface area contributed by atoms with Gasteiger partial charge in [0.05, 0.1) is 12.1 Å². The number of H-pyrrole nitrogens is 1. The van der Waals surface area contributed by atoms with E-state index in [9.17, 15) is 14.7 Å². The molecule has 1 aromatic rings. The number of nitrogens with one attached hydrogen (secondary N) is 1. The van der Waals surface area contributed by atoms with Gasteiger partial charge in [-0.2, -0.15) is 0 Å². The van der Waals surface area contributed by atoms with Crippen molar-refractivity contribution in [2.24, 2.45) is 0 Å². The predicted octanol–water partition coefficient (Wildman–Crippen LogP) is -0.378. The zero-order chi connectivity index (χ0) is 10.1. The molecule has 0 aromatic carbocycles. The normalized spacial score (nSPS) is 26.6. The molecule has 0 radical (unpaired) electrons. The van der Waals surface area contributed by atoms with E-state index in [2.05, 4.69) is 4.98 Å². The van der Waals surface area contributed by atoms with Crippen LogP contribution in [-0.2, 0) is 0 Å². The molecular formula is C9H12N2O3. The summed E-state index contributed by atoms with van der Waals surface area (Å²) in [6.07, 6.45) is 3.39. The van der Waals surface area contributed by atoms with E-state index in [1.165, 1.54) is 16.8 Å². The second kappa shape index (κ2) is 3.42. The fraction of sp³-hybridized carbons (Fsp3) is 0.556. The molecule has 5 nitrogen and oxygen atoms in total. The Morgan fingerprint density at radius 1 is 1.43 bits per heavy atom. The minimum atomic E-state index is -0.474. The van der Waals surface area contributed by atoms with Gasteiger partial charge in [0.15, 0.2) is 0 Å². The molecule has 0 bridgehead atoms. The van der Waals surface area contributed by atoms with Crippen LogP contribution in [0.25, 0.3) is 0 Å². The standard InChI is InChI=1S/C9H12N2O3/c12-7-3-1-2-6(7)11-5-4-8(13)10-9(11)14/h4-7,12H,1-3H2,(H,10,13,14)/t6-,7+/m0/s1. The van der Waals surface area contributed by atoms with E-state index in [4.69, 9.17) is 0 Å². The van der Waals surface area contributed by atoms with Crippen LogP contribution in [0, 0.1) is 0 Å². The second-order valence-corrected chi connectivity index (χ2v) is 3.58. The minimum Gasteiger partial charge on any atom is -0.391 e. The number of nitrogens with zero attached hydrogens (tertiary/aromatic N) is 1. The maximum atomic E-state index is 11.4. The Kier molecular flexibility index (Phi) is 2.25. The molecule has 1 fully saturated rings. The predicted molar refractivity (Wildman–Crippen MR) is 50.2 cm³/mol. The zero-order valence-electron chi connectivity index (χ0n) is 7.64. The van der Waals surface area contributed by atoms with Gasteiger partial charge in [-0.25, -0.2) is 4.79 Å². The minimum absolute atomic E-state index is 0.181. The molecule has 14 heavy (non-hydrogen) atoms. The highest BCUT2D eigenvalue weighted by Crippen LogP contribution is 2.28. The summed E-state index contributed by atoms with van der Waals surface area (Å²) in [7, 11) is 0. The van der Waals surface area contributed by atoms with E-state index in [0.717, 1.165) is 19.3 Å². The van der Waals surface area contributed by atoms with Gasteiger partial charge in [0.1, 0.15) is 0 Å². The Labute approximate surface area is 80.0 Å². The molecule has 0 amide bonds. The number of aromatic amines is 1. The first-order valence-electron chi connectivity index (χ1n) is 4.68. The maximum absolute atomic E-state index is 11.4. The SMILES string of the molecule is O=c1ccn([C@H]2CCC[C@H]2O)c(=O)[nH]1. The molecule has 5 heteroatoms. The monoisotopic (exact) mass is 196 g/mol. The molecule has 2 rings (SSSR count). The Morgan fingerprint density at radius 2 is 2.21 bits per heavy atom. The van der Waals surface area contributed by atoms with Crippen molar-refractivity contribution in [2.75, 3.05) is 0 Å². The smallest absolute Gasteiger partial charge is 0.328 e. The van der Waals surface area contributed by atoms with Crippen molar-refractivity contribution in [3.8, 4) is 0 Å². The number of aromatic nitrogens is 2. The fourth-order valence-corrected chi connectivity index (χ4v) is 1.93. The fourth-order valence-electron chi connectivity index (χ4n) is 1.93. The lowest BCUT2D eigenvalue weighted by Crippen LogP contribution is -2.34. The van der Waals surface area contributed by atoms with Gasteiger partial charge < -0.3 is 5.11 Å². The molecule has 1 aliphatic rings. The van der Waals surface area contributed by atoms with Crippen LogP contribution in [0.4, 0.5) is 0 Å². The molecule has 0 spiro atoms. The van der Waals surface area contributed by atoms with Crippen molar-refractivity contribution < 1.29 is 5.11 Å². The van der Waals surface area contributed by atoms with Crippen LogP contribution in [0.2, 0.25) is 0 Å². The van der Waals surface area contributed by atoms with E-state index in [-0.39, 0.29) is 6.04 Å². The summed E-state index contributed by atoms with van der Waals surface area (Å²) in [6.45, 7) is 0. The molecule has 76 valence electrons. The summed E-state index contributed by atoms with van der Waals surface area (Å²) in [4.78, 5) is 24.4. The Hall–Kier alpha value is -1.36. The van der Waals surface area contributed by atoms with Gasteiger partial charge in [-0.3, -0.25) is 14.3 Å². The van der Waals surface area contributed by atoms with Crippen molar-refractivity contribution in [2.45, 2.75) is 31.4 Å². The molecule has 1 saturated carbocycles. The van der Waals surface area contributed by atoms with Crippen LogP contribution >= 0.6 is 0 Å². The van der Waals surface area contributed by atoms with E-state index < -0.39 is 17.4 Å². The highest BCUT2D eigenvalue weighted by molar-refractivity contribution is 4.90. The van der Waals surface area contributed by atoms with E-state index in [1.807, 2.05) is 0 Å². The first kappa shape index (κ1) is 9.21. The van der Waals surface area contributed by atoms with Gasteiger partial charge >= 0.3 is 5.69 Å². The number of rotatable bonds is 1. The molecule has 1 heterocycles. The van der Waals surface area contributed by atoms with Crippen LogP contribution in [0.1, 0.15) is 25.3 Å². The summed E-state index contributed by atoms with van der Waals surface area (Å²) in [5, 5.41) is 9.58. The van der Waals surface area contributed by atoms with Gasteiger partial charge in [0.25, 0.3) is 5.56 Å². The van der Waals surface area contributed by atoms with Crippen LogP contribution in [-0.4, -0.2) is 20.8 Å². The van der Waals surface area contributed by atoms with Gasteiger partial charge in [-0.15, -0.1) is 0 Å². The molecule has 2 N–H and O–H groups in total. The summed E-state index contributed by atoms with van der Waals surface area (Å²) < 4.78 is 1.40. The Bertz CT molecular complexity index is 434. The molecule has 0 aliphatic heterocycles. The summed E-state index contributed by atoms with van der Waals surface area (Å²) in [5.41, 5.74) is -0.845. The Morgan fingerprint density at radius 3 is 2.79 bits per heavy atom. The molecule has 0 saturated heterocycles. The van der Waals surface area contributed by atoms with Crippen molar-refractivity contribution >= 4 is 0 Å².